The maximum Gasteiger partial charge on any atom is 0.310 e. The summed E-state index contributed by atoms with van der Waals surface area (Å²) in [4.78, 5) is 34.8. The Morgan fingerprint density at radius 3 is 2.72 bits per heavy atom. The van der Waals surface area contributed by atoms with Crippen LogP contribution in [0.1, 0.15) is 5.56 Å². The summed E-state index contributed by atoms with van der Waals surface area (Å²) in [7, 11) is 1.33. The van der Waals surface area contributed by atoms with Gasteiger partial charge in [-0.2, -0.15) is 0 Å². The van der Waals surface area contributed by atoms with Crippen molar-refractivity contribution in [2.45, 2.75) is 6.42 Å². The number of ether oxygens (including phenoxy) is 2. The van der Waals surface area contributed by atoms with Crippen molar-refractivity contribution in [1.82, 2.24) is 0 Å². The lowest BCUT2D eigenvalue weighted by atomic mass is 10.0. The molecule has 0 radical (unpaired) electrons. The fraction of sp³-hybridized carbons (Fsp3) is 0.130. The number of nitrogens with zero attached hydrogens (tertiary/aromatic N) is 1. The molecule has 0 spiro atoms. The van der Waals surface area contributed by atoms with Gasteiger partial charge in [-0.15, -0.1) is 0 Å². The molecule has 9 heteroatoms. The molecule has 1 aromatic heterocycles. The number of hydrogen-bond acceptors (Lipinski definition) is 7. The van der Waals surface area contributed by atoms with E-state index in [1.165, 1.54) is 31.6 Å². The highest BCUT2D eigenvalue weighted by Crippen LogP contribution is 2.31. The van der Waals surface area contributed by atoms with Gasteiger partial charge in [-0.25, -0.2) is 0 Å². The standard InChI is InChI=1S/C23H18N2O7/c1-30-20-11-16(25(28)29)7-8-18(20)24-21(26)13-32-22(27)10-15-12-31-19-9-6-14-4-2-3-5-17(14)23(15)19/h2-9,11-12H,10,13H2,1H3,(H,24,26). The summed E-state index contributed by atoms with van der Waals surface area (Å²) < 4.78 is 15.7. The van der Waals surface area contributed by atoms with Crippen LogP contribution in [0.25, 0.3) is 21.7 Å². The normalized spacial score (nSPS) is 10.8. The van der Waals surface area contributed by atoms with Crippen LogP contribution in [0.2, 0.25) is 0 Å². The number of carbonyl (C=O) groups excluding carboxylic acids is 2. The molecule has 0 bridgehead atoms. The van der Waals surface area contributed by atoms with Gasteiger partial charge in [0.05, 0.1) is 36.5 Å². The zero-order valence-corrected chi connectivity index (χ0v) is 17.0. The number of anilines is 1. The number of esters is 1. The topological polar surface area (TPSA) is 121 Å². The number of non-ortho nitro benzene ring substituents is 1. The third kappa shape index (κ3) is 4.22. The smallest absolute Gasteiger partial charge is 0.310 e. The van der Waals surface area contributed by atoms with E-state index in [1.54, 1.807) is 0 Å². The van der Waals surface area contributed by atoms with E-state index in [4.69, 9.17) is 13.9 Å². The van der Waals surface area contributed by atoms with Gasteiger partial charge in [0.2, 0.25) is 0 Å². The minimum absolute atomic E-state index is 0.0604. The van der Waals surface area contributed by atoms with Crippen LogP contribution in [0.5, 0.6) is 5.75 Å². The molecule has 0 aliphatic carbocycles. The molecule has 1 N–H and O–H groups in total. The minimum Gasteiger partial charge on any atom is -0.494 e. The molecular weight excluding hydrogens is 416 g/mol. The first-order valence-electron chi connectivity index (χ1n) is 9.62. The molecule has 0 saturated carbocycles. The monoisotopic (exact) mass is 434 g/mol. The summed E-state index contributed by atoms with van der Waals surface area (Å²) >= 11 is 0. The molecule has 4 rings (SSSR count). The predicted octanol–water partition coefficient (Wildman–Crippen LogP) is 4.23. The zero-order valence-electron chi connectivity index (χ0n) is 17.0. The van der Waals surface area contributed by atoms with Gasteiger partial charge in [0.1, 0.15) is 11.3 Å². The van der Waals surface area contributed by atoms with Gasteiger partial charge >= 0.3 is 5.97 Å². The summed E-state index contributed by atoms with van der Waals surface area (Å²) in [5.41, 5.74) is 1.38. The number of nitro benzene ring substituents is 1. The number of rotatable bonds is 7. The first-order chi connectivity index (χ1) is 15.5. The largest absolute Gasteiger partial charge is 0.494 e. The van der Waals surface area contributed by atoms with Crippen molar-refractivity contribution in [3.05, 3.63) is 76.5 Å². The summed E-state index contributed by atoms with van der Waals surface area (Å²) in [6.45, 7) is -0.518. The predicted molar refractivity (Wildman–Crippen MR) is 117 cm³/mol. The molecule has 4 aromatic rings. The maximum absolute atomic E-state index is 12.3. The quantitative estimate of drug-likeness (QED) is 0.262. The molecule has 1 heterocycles. The van der Waals surface area contributed by atoms with Crippen molar-refractivity contribution in [2.75, 3.05) is 19.0 Å². The Balaban J connectivity index is 1.41. The van der Waals surface area contributed by atoms with Crippen molar-refractivity contribution >= 4 is 45.0 Å². The molecule has 3 aromatic carbocycles. The second-order valence-electron chi connectivity index (χ2n) is 6.95. The highest BCUT2D eigenvalue weighted by atomic mass is 16.6. The average Bonchev–Trinajstić information content (AvgIpc) is 3.21. The molecule has 0 aliphatic rings. The molecule has 0 atom stereocenters. The van der Waals surface area contributed by atoms with Crippen LogP contribution in [0, 0.1) is 10.1 Å². The van der Waals surface area contributed by atoms with Crippen LogP contribution < -0.4 is 10.1 Å². The SMILES string of the molecule is COc1cc([N+](=O)[O-])ccc1NC(=O)COC(=O)Cc1coc2ccc3ccccc3c12. The third-order valence-electron chi connectivity index (χ3n) is 4.91. The number of fused-ring (bicyclic) bond motifs is 3. The van der Waals surface area contributed by atoms with Crippen LogP contribution in [0.15, 0.2) is 65.3 Å². The van der Waals surface area contributed by atoms with Crippen LogP contribution in [0.3, 0.4) is 0 Å². The molecule has 0 aliphatic heterocycles. The molecule has 1 amide bonds. The average molecular weight is 434 g/mol. The highest BCUT2D eigenvalue weighted by Gasteiger charge is 2.17. The lowest BCUT2D eigenvalue weighted by Crippen LogP contribution is -2.22. The number of methoxy groups -OCH3 is 1. The molecule has 0 fully saturated rings. The minimum atomic E-state index is -0.604. The summed E-state index contributed by atoms with van der Waals surface area (Å²) in [5.74, 6) is -1.07. The number of carbonyl (C=O) groups is 2. The Labute approximate surface area is 181 Å². The molecule has 0 saturated heterocycles. The van der Waals surface area contributed by atoms with E-state index in [-0.39, 0.29) is 23.5 Å². The van der Waals surface area contributed by atoms with Crippen molar-refractivity contribution in [1.29, 1.82) is 0 Å². The van der Waals surface area contributed by atoms with Gasteiger partial charge in [0, 0.05) is 17.0 Å². The van der Waals surface area contributed by atoms with E-state index in [9.17, 15) is 19.7 Å². The number of nitrogens with one attached hydrogen (secondary N) is 1. The van der Waals surface area contributed by atoms with Crippen LogP contribution >= 0.6 is 0 Å². The van der Waals surface area contributed by atoms with E-state index in [2.05, 4.69) is 5.32 Å². The Morgan fingerprint density at radius 1 is 1.12 bits per heavy atom. The van der Waals surface area contributed by atoms with Gasteiger partial charge in [0.15, 0.2) is 6.61 Å². The van der Waals surface area contributed by atoms with Crippen molar-refractivity contribution in [3.8, 4) is 5.75 Å². The van der Waals surface area contributed by atoms with E-state index in [1.807, 2.05) is 36.4 Å². The first-order valence-corrected chi connectivity index (χ1v) is 9.62. The number of benzene rings is 3. The first kappa shape index (κ1) is 20.9. The number of furan rings is 1. The van der Waals surface area contributed by atoms with Gasteiger partial charge in [0.25, 0.3) is 11.6 Å². The van der Waals surface area contributed by atoms with Gasteiger partial charge in [-0.3, -0.25) is 19.7 Å². The van der Waals surface area contributed by atoms with Gasteiger partial charge in [-0.1, -0.05) is 30.3 Å². The second-order valence-corrected chi connectivity index (χ2v) is 6.95. The number of nitro groups is 1. The Kier molecular flexibility index (Phi) is 5.71. The summed E-state index contributed by atoms with van der Waals surface area (Å²) in [6, 6.07) is 15.3. The third-order valence-corrected chi connectivity index (χ3v) is 4.91. The summed E-state index contributed by atoms with van der Waals surface area (Å²) in [6.07, 6.45) is 1.45. The van der Waals surface area contributed by atoms with Gasteiger partial charge in [-0.05, 0) is 22.9 Å². The Hall–Kier alpha value is -4.40. The second kappa shape index (κ2) is 8.76. The zero-order chi connectivity index (χ0) is 22.7. The fourth-order valence-corrected chi connectivity index (χ4v) is 3.44. The van der Waals surface area contributed by atoms with Crippen molar-refractivity contribution < 1.29 is 28.4 Å². The molecule has 32 heavy (non-hydrogen) atoms. The van der Waals surface area contributed by atoms with Crippen molar-refractivity contribution in [2.24, 2.45) is 0 Å². The van der Waals surface area contributed by atoms with E-state index < -0.39 is 23.4 Å². The number of amides is 1. The lowest BCUT2D eigenvalue weighted by Gasteiger charge is -2.10. The fourth-order valence-electron chi connectivity index (χ4n) is 3.44. The van der Waals surface area contributed by atoms with E-state index in [0.717, 1.165) is 16.2 Å². The van der Waals surface area contributed by atoms with Crippen LogP contribution in [0.4, 0.5) is 11.4 Å². The molecule has 162 valence electrons. The van der Waals surface area contributed by atoms with Gasteiger partial charge < -0.3 is 19.2 Å². The summed E-state index contributed by atoms with van der Waals surface area (Å²) in [5, 5.41) is 16.2. The molecule has 9 nitrogen and oxygen atoms in total. The Bertz CT molecular complexity index is 1340. The van der Waals surface area contributed by atoms with E-state index in [0.29, 0.717) is 11.1 Å². The van der Waals surface area contributed by atoms with Crippen LogP contribution in [-0.4, -0.2) is 30.5 Å². The van der Waals surface area contributed by atoms with Crippen molar-refractivity contribution in [3.63, 3.8) is 0 Å². The maximum atomic E-state index is 12.3. The number of hydrogen-bond donors (Lipinski definition) is 1. The van der Waals surface area contributed by atoms with E-state index >= 15 is 0 Å². The lowest BCUT2D eigenvalue weighted by molar-refractivity contribution is -0.384. The Morgan fingerprint density at radius 2 is 1.94 bits per heavy atom. The molecular formula is C23H18N2O7. The molecule has 0 unspecified atom stereocenters. The highest BCUT2D eigenvalue weighted by molar-refractivity contribution is 6.08. The van der Waals surface area contributed by atoms with Crippen LogP contribution in [-0.2, 0) is 20.7 Å².